The molecule has 98 valence electrons. The molecule has 3 rings (SSSR count). The molecule has 4 heteroatoms. The number of nitriles is 1. The molecule has 1 aromatic heterocycles. The fourth-order valence-corrected chi connectivity index (χ4v) is 2.55. The zero-order valence-electron chi connectivity index (χ0n) is 11.0. The average Bonchev–Trinajstić information content (AvgIpc) is 2.76. The van der Waals surface area contributed by atoms with Crippen molar-refractivity contribution in [3.8, 4) is 6.07 Å². The highest BCUT2D eigenvalue weighted by atomic mass is 35.5. The lowest BCUT2D eigenvalue weighted by atomic mass is 10.1. The predicted molar refractivity (Wildman–Crippen MR) is 79.7 cm³/mol. The van der Waals surface area contributed by atoms with Gasteiger partial charge in [0.15, 0.2) is 0 Å². The number of halogens is 1. The number of benzene rings is 2. The number of aryl methyl sites for hydroxylation is 1. The third-order valence-corrected chi connectivity index (χ3v) is 3.61. The smallest absolute Gasteiger partial charge is 0.114 e. The van der Waals surface area contributed by atoms with Crippen molar-refractivity contribution in [1.29, 1.82) is 5.26 Å². The molecule has 0 fully saturated rings. The van der Waals surface area contributed by atoms with E-state index >= 15 is 0 Å². The summed E-state index contributed by atoms with van der Waals surface area (Å²) in [6.07, 6.45) is 0.691. The molecule has 0 aliphatic heterocycles. The first kappa shape index (κ1) is 12.7. The van der Waals surface area contributed by atoms with Crippen molar-refractivity contribution in [1.82, 2.24) is 9.55 Å². The van der Waals surface area contributed by atoms with E-state index in [4.69, 9.17) is 16.9 Å². The maximum absolute atomic E-state index is 9.15. The first-order valence-electron chi connectivity index (χ1n) is 6.28. The van der Waals surface area contributed by atoms with Gasteiger partial charge in [-0.15, -0.1) is 0 Å². The Morgan fingerprint density at radius 2 is 2.05 bits per heavy atom. The summed E-state index contributed by atoms with van der Waals surface area (Å²) in [6.45, 7) is 0. The van der Waals surface area contributed by atoms with E-state index in [0.717, 1.165) is 27.4 Å². The number of fused-ring (bicyclic) bond motifs is 1. The average molecular weight is 282 g/mol. The van der Waals surface area contributed by atoms with Crippen LogP contribution < -0.4 is 0 Å². The van der Waals surface area contributed by atoms with E-state index in [1.807, 2.05) is 48.0 Å². The molecular weight excluding hydrogens is 270 g/mol. The second-order valence-corrected chi connectivity index (χ2v) is 5.12. The van der Waals surface area contributed by atoms with Crippen molar-refractivity contribution in [3.05, 3.63) is 64.4 Å². The van der Waals surface area contributed by atoms with Gasteiger partial charge in [0, 0.05) is 18.5 Å². The van der Waals surface area contributed by atoms with Crippen LogP contribution in [0.4, 0.5) is 0 Å². The highest BCUT2D eigenvalue weighted by molar-refractivity contribution is 6.30. The van der Waals surface area contributed by atoms with E-state index < -0.39 is 0 Å². The van der Waals surface area contributed by atoms with Gasteiger partial charge in [0.25, 0.3) is 0 Å². The highest BCUT2D eigenvalue weighted by Gasteiger charge is 2.11. The van der Waals surface area contributed by atoms with Crippen LogP contribution in [-0.2, 0) is 13.5 Å². The normalized spacial score (nSPS) is 10.7. The number of aromatic nitrogens is 2. The van der Waals surface area contributed by atoms with Crippen molar-refractivity contribution in [2.75, 3.05) is 0 Å². The first-order valence-corrected chi connectivity index (χ1v) is 6.65. The van der Waals surface area contributed by atoms with Crippen molar-refractivity contribution in [3.63, 3.8) is 0 Å². The third kappa shape index (κ3) is 2.15. The Morgan fingerprint density at radius 1 is 1.25 bits per heavy atom. The number of nitrogens with zero attached hydrogens (tertiary/aromatic N) is 3. The first-order chi connectivity index (χ1) is 9.69. The van der Waals surface area contributed by atoms with Crippen LogP contribution in [0.1, 0.15) is 17.0 Å². The number of hydrogen-bond acceptors (Lipinski definition) is 2. The molecule has 0 aliphatic carbocycles. The lowest BCUT2D eigenvalue weighted by molar-refractivity contribution is 0.845. The zero-order valence-corrected chi connectivity index (χ0v) is 11.7. The standard InChI is InChI=1S/C16H12ClN3/c1-20-14-7-3-5-12(10-18)16(14)19-15(20)9-11-4-2-6-13(17)8-11/h2-8H,9H2,1H3. The quantitative estimate of drug-likeness (QED) is 0.719. The van der Waals surface area contributed by atoms with Gasteiger partial charge in [0.1, 0.15) is 17.4 Å². The van der Waals surface area contributed by atoms with Crippen LogP contribution in [-0.4, -0.2) is 9.55 Å². The summed E-state index contributed by atoms with van der Waals surface area (Å²) in [5.74, 6) is 0.921. The van der Waals surface area contributed by atoms with Crippen molar-refractivity contribution in [2.45, 2.75) is 6.42 Å². The van der Waals surface area contributed by atoms with Gasteiger partial charge in [-0.25, -0.2) is 4.98 Å². The van der Waals surface area contributed by atoms with Gasteiger partial charge in [0.2, 0.25) is 0 Å². The van der Waals surface area contributed by atoms with Crippen molar-refractivity contribution >= 4 is 22.6 Å². The summed E-state index contributed by atoms with van der Waals surface area (Å²) in [4.78, 5) is 4.61. The van der Waals surface area contributed by atoms with Gasteiger partial charge in [-0.2, -0.15) is 5.26 Å². The number of imidazole rings is 1. The van der Waals surface area contributed by atoms with Crippen LogP contribution >= 0.6 is 11.6 Å². The maximum atomic E-state index is 9.15. The summed E-state index contributed by atoms with van der Waals surface area (Å²) < 4.78 is 2.02. The summed E-state index contributed by atoms with van der Waals surface area (Å²) in [5.41, 5.74) is 3.44. The minimum absolute atomic E-state index is 0.607. The van der Waals surface area contributed by atoms with E-state index in [0.29, 0.717) is 12.0 Å². The van der Waals surface area contributed by atoms with Crippen LogP contribution in [0.2, 0.25) is 5.02 Å². The molecule has 0 spiro atoms. The van der Waals surface area contributed by atoms with E-state index in [1.54, 1.807) is 6.07 Å². The molecule has 0 unspecified atom stereocenters. The second-order valence-electron chi connectivity index (χ2n) is 4.68. The molecule has 0 bridgehead atoms. The van der Waals surface area contributed by atoms with Gasteiger partial charge in [-0.3, -0.25) is 0 Å². The Morgan fingerprint density at radius 3 is 2.80 bits per heavy atom. The number of rotatable bonds is 2. The Labute approximate surface area is 122 Å². The fraction of sp³-hybridized carbons (Fsp3) is 0.125. The lowest BCUT2D eigenvalue weighted by Gasteiger charge is -2.03. The molecule has 0 radical (unpaired) electrons. The zero-order chi connectivity index (χ0) is 14.1. The van der Waals surface area contributed by atoms with Crippen LogP contribution in [0.15, 0.2) is 42.5 Å². The second kappa shape index (κ2) is 4.99. The van der Waals surface area contributed by atoms with E-state index in [-0.39, 0.29) is 0 Å². The molecule has 2 aromatic carbocycles. The summed E-state index contributed by atoms with van der Waals surface area (Å²) in [6, 6.07) is 15.6. The SMILES string of the molecule is Cn1c(Cc2cccc(Cl)c2)nc2c(C#N)cccc21. The molecular formula is C16H12ClN3. The maximum Gasteiger partial charge on any atom is 0.114 e. The monoisotopic (exact) mass is 281 g/mol. The minimum atomic E-state index is 0.607. The predicted octanol–water partition coefficient (Wildman–Crippen LogP) is 3.69. The van der Waals surface area contributed by atoms with Crippen LogP contribution in [0.5, 0.6) is 0 Å². The van der Waals surface area contributed by atoms with Crippen LogP contribution in [0.3, 0.4) is 0 Å². The lowest BCUT2D eigenvalue weighted by Crippen LogP contribution is -1.98. The van der Waals surface area contributed by atoms with E-state index in [9.17, 15) is 0 Å². The van der Waals surface area contributed by atoms with Gasteiger partial charge in [-0.05, 0) is 29.8 Å². The van der Waals surface area contributed by atoms with E-state index in [1.165, 1.54) is 0 Å². The molecule has 0 saturated heterocycles. The number of para-hydroxylation sites is 1. The Hall–Kier alpha value is -2.31. The topological polar surface area (TPSA) is 41.6 Å². The molecule has 0 N–H and O–H groups in total. The highest BCUT2D eigenvalue weighted by Crippen LogP contribution is 2.21. The molecule has 0 atom stereocenters. The Bertz CT molecular complexity index is 827. The Kier molecular flexibility index (Phi) is 3.17. The summed E-state index contributed by atoms with van der Waals surface area (Å²) in [7, 11) is 1.97. The largest absolute Gasteiger partial charge is 0.331 e. The van der Waals surface area contributed by atoms with Crippen molar-refractivity contribution < 1.29 is 0 Å². The third-order valence-electron chi connectivity index (χ3n) is 3.38. The van der Waals surface area contributed by atoms with Gasteiger partial charge >= 0.3 is 0 Å². The van der Waals surface area contributed by atoms with Crippen LogP contribution in [0, 0.1) is 11.3 Å². The number of hydrogen-bond donors (Lipinski definition) is 0. The van der Waals surface area contributed by atoms with E-state index in [2.05, 4.69) is 11.1 Å². The molecule has 0 aliphatic rings. The Balaban J connectivity index is 2.09. The minimum Gasteiger partial charge on any atom is -0.331 e. The summed E-state index contributed by atoms with van der Waals surface area (Å²) >= 11 is 6.01. The molecule has 0 saturated carbocycles. The molecule has 3 nitrogen and oxygen atoms in total. The molecule has 3 aromatic rings. The fourth-order valence-electron chi connectivity index (χ4n) is 2.34. The van der Waals surface area contributed by atoms with Gasteiger partial charge in [-0.1, -0.05) is 29.8 Å². The van der Waals surface area contributed by atoms with Gasteiger partial charge < -0.3 is 4.57 Å². The van der Waals surface area contributed by atoms with Crippen LogP contribution in [0.25, 0.3) is 11.0 Å². The van der Waals surface area contributed by atoms with Gasteiger partial charge in [0.05, 0.1) is 11.1 Å². The summed E-state index contributed by atoms with van der Waals surface area (Å²) in [5, 5.41) is 9.87. The van der Waals surface area contributed by atoms with Crippen molar-refractivity contribution in [2.24, 2.45) is 7.05 Å². The molecule has 1 heterocycles. The molecule has 0 amide bonds. The molecule has 20 heavy (non-hydrogen) atoms.